The Morgan fingerprint density at radius 2 is 1.61 bits per heavy atom. The summed E-state index contributed by atoms with van der Waals surface area (Å²) in [6.45, 7) is 6.44. The fourth-order valence-electron chi connectivity index (χ4n) is 3.96. The first-order chi connectivity index (χ1) is 13.4. The lowest BCUT2D eigenvalue weighted by Crippen LogP contribution is -2.55. The lowest BCUT2D eigenvalue weighted by Gasteiger charge is -2.37. The summed E-state index contributed by atoms with van der Waals surface area (Å²) in [6, 6.07) is 16.1. The van der Waals surface area contributed by atoms with E-state index in [1.165, 1.54) is 5.56 Å². The monoisotopic (exact) mass is 400 g/mol. The maximum atomic E-state index is 13.0. The summed E-state index contributed by atoms with van der Waals surface area (Å²) in [6.07, 6.45) is 1.19. The lowest BCUT2D eigenvalue weighted by molar-refractivity contribution is 0.123. The van der Waals surface area contributed by atoms with Gasteiger partial charge in [0.25, 0.3) is 0 Å². The Bertz CT molecular complexity index is 925. The molecule has 2 N–H and O–H groups in total. The molecule has 0 aliphatic carbocycles. The molecule has 0 saturated carbocycles. The van der Waals surface area contributed by atoms with Crippen LogP contribution in [0.15, 0.2) is 53.4 Å². The second kappa shape index (κ2) is 7.93. The van der Waals surface area contributed by atoms with E-state index in [4.69, 9.17) is 0 Å². The Morgan fingerprint density at radius 3 is 2.29 bits per heavy atom. The van der Waals surface area contributed by atoms with Crippen LogP contribution >= 0.6 is 0 Å². The van der Waals surface area contributed by atoms with Crippen LogP contribution in [-0.2, 0) is 10.0 Å². The highest BCUT2D eigenvalue weighted by molar-refractivity contribution is 7.89. The van der Waals surface area contributed by atoms with Crippen LogP contribution in [0, 0.1) is 13.8 Å². The average Bonchev–Trinajstić information content (AvgIpc) is 3.21. The second-order valence-corrected chi connectivity index (χ2v) is 9.63. The first-order valence-corrected chi connectivity index (χ1v) is 11.3. The van der Waals surface area contributed by atoms with E-state index in [0.29, 0.717) is 18.0 Å². The summed E-state index contributed by atoms with van der Waals surface area (Å²) < 4.78 is 27.6. The number of hydrazine groups is 1. The highest BCUT2D eigenvalue weighted by atomic mass is 32.2. The van der Waals surface area contributed by atoms with Crippen molar-refractivity contribution >= 4 is 10.0 Å². The Morgan fingerprint density at radius 1 is 0.893 bits per heavy atom. The van der Waals surface area contributed by atoms with E-state index >= 15 is 0 Å². The first-order valence-electron chi connectivity index (χ1n) is 9.82. The number of hydrogen-bond acceptors (Lipinski definition) is 5. The quantitative estimate of drug-likeness (QED) is 0.824. The van der Waals surface area contributed by atoms with Crippen LogP contribution in [0.4, 0.5) is 0 Å². The average molecular weight is 401 g/mol. The van der Waals surface area contributed by atoms with E-state index in [1.54, 1.807) is 16.4 Å². The van der Waals surface area contributed by atoms with Crippen molar-refractivity contribution in [2.75, 3.05) is 26.2 Å². The Kier molecular flexibility index (Phi) is 5.53. The SMILES string of the molecule is Cc1ccc(S(=O)(=O)N2CCN(C3CC(c4ccccc4)NN3)CC2)cc1C. The minimum Gasteiger partial charge on any atom is -0.284 e. The summed E-state index contributed by atoms with van der Waals surface area (Å²) in [5, 5.41) is 0. The molecule has 6 nitrogen and oxygen atoms in total. The molecular formula is C21H28N4O2S. The second-order valence-electron chi connectivity index (χ2n) is 7.69. The van der Waals surface area contributed by atoms with E-state index < -0.39 is 10.0 Å². The van der Waals surface area contributed by atoms with Crippen molar-refractivity contribution in [1.82, 2.24) is 20.1 Å². The minimum atomic E-state index is -3.43. The summed E-state index contributed by atoms with van der Waals surface area (Å²) in [4.78, 5) is 2.73. The molecule has 2 aromatic rings. The molecule has 4 rings (SSSR count). The third-order valence-corrected chi connectivity index (χ3v) is 7.81. The molecule has 2 aliphatic rings. The van der Waals surface area contributed by atoms with Gasteiger partial charge in [-0.05, 0) is 49.1 Å². The van der Waals surface area contributed by atoms with Crippen molar-refractivity contribution in [2.24, 2.45) is 0 Å². The van der Waals surface area contributed by atoms with Crippen molar-refractivity contribution < 1.29 is 8.42 Å². The number of hydrogen-bond donors (Lipinski definition) is 2. The number of benzene rings is 2. The van der Waals surface area contributed by atoms with E-state index in [2.05, 4.69) is 40.0 Å². The van der Waals surface area contributed by atoms with Gasteiger partial charge in [0.2, 0.25) is 10.0 Å². The minimum absolute atomic E-state index is 0.219. The van der Waals surface area contributed by atoms with E-state index in [-0.39, 0.29) is 12.2 Å². The van der Waals surface area contributed by atoms with Crippen molar-refractivity contribution in [2.45, 2.75) is 37.4 Å². The van der Waals surface area contributed by atoms with E-state index in [0.717, 1.165) is 30.6 Å². The van der Waals surface area contributed by atoms with Gasteiger partial charge >= 0.3 is 0 Å². The molecule has 2 saturated heterocycles. The van der Waals surface area contributed by atoms with Crippen LogP contribution in [0.3, 0.4) is 0 Å². The van der Waals surface area contributed by atoms with Gasteiger partial charge in [0, 0.05) is 32.2 Å². The fourth-order valence-corrected chi connectivity index (χ4v) is 5.47. The van der Waals surface area contributed by atoms with Crippen LogP contribution < -0.4 is 10.9 Å². The molecule has 150 valence electrons. The van der Waals surface area contributed by atoms with Crippen LogP contribution in [0.1, 0.15) is 29.2 Å². The van der Waals surface area contributed by atoms with Crippen LogP contribution in [0.5, 0.6) is 0 Å². The number of piperazine rings is 1. The predicted octanol–water partition coefficient (Wildman–Crippen LogP) is 2.18. The summed E-state index contributed by atoms with van der Waals surface area (Å²) >= 11 is 0. The third kappa shape index (κ3) is 3.86. The van der Waals surface area contributed by atoms with Crippen molar-refractivity contribution in [3.05, 3.63) is 65.2 Å². The number of aryl methyl sites for hydroxylation is 2. The van der Waals surface area contributed by atoms with Gasteiger partial charge in [0.1, 0.15) is 0 Å². The van der Waals surface area contributed by atoms with E-state index in [9.17, 15) is 8.42 Å². The lowest BCUT2D eigenvalue weighted by atomic mass is 10.0. The molecule has 7 heteroatoms. The van der Waals surface area contributed by atoms with Crippen LogP contribution in [-0.4, -0.2) is 50.0 Å². The zero-order chi connectivity index (χ0) is 19.7. The number of sulfonamides is 1. The van der Waals surface area contributed by atoms with Crippen molar-refractivity contribution in [1.29, 1.82) is 0 Å². The molecule has 2 aromatic carbocycles. The van der Waals surface area contributed by atoms with Gasteiger partial charge in [-0.3, -0.25) is 4.90 Å². The highest BCUT2D eigenvalue weighted by Gasteiger charge is 2.34. The summed E-state index contributed by atoms with van der Waals surface area (Å²) in [5.41, 5.74) is 10.1. The summed E-state index contributed by atoms with van der Waals surface area (Å²) in [5.74, 6) is 0. The molecule has 2 fully saturated rings. The molecule has 28 heavy (non-hydrogen) atoms. The zero-order valence-corrected chi connectivity index (χ0v) is 17.2. The molecule has 2 aliphatic heterocycles. The smallest absolute Gasteiger partial charge is 0.243 e. The number of nitrogens with zero attached hydrogens (tertiary/aromatic N) is 2. The maximum absolute atomic E-state index is 13.0. The third-order valence-electron chi connectivity index (χ3n) is 5.92. The van der Waals surface area contributed by atoms with Crippen LogP contribution in [0.25, 0.3) is 0 Å². The molecule has 2 atom stereocenters. The largest absolute Gasteiger partial charge is 0.284 e. The first kappa shape index (κ1) is 19.5. The molecule has 2 heterocycles. The molecule has 0 spiro atoms. The van der Waals surface area contributed by atoms with Gasteiger partial charge < -0.3 is 0 Å². The number of rotatable bonds is 4. The zero-order valence-electron chi connectivity index (χ0n) is 16.4. The van der Waals surface area contributed by atoms with Gasteiger partial charge in [-0.1, -0.05) is 36.4 Å². The summed E-state index contributed by atoms with van der Waals surface area (Å²) in [7, 11) is -3.43. The van der Waals surface area contributed by atoms with Gasteiger partial charge in [-0.25, -0.2) is 19.3 Å². The topological polar surface area (TPSA) is 64.7 Å². The predicted molar refractivity (Wildman–Crippen MR) is 110 cm³/mol. The van der Waals surface area contributed by atoms with Gasteiger partial charge in [0.05, 0.1) is 11.1 Å². The molecule has 0 bridgehead atoms. The maximum Gasteiger partial charge on any atom is 0.243 e. The fraction of sp³-hybridized carbons (Fsp3) is 0.429. The van der Waals surface area contributed by atoms with E-state index in [1.807, 2.05) is 26.0 Å². The normalized spacial score (nSPS) is 24.5. The molecular weight excluding hydrogens is 372 g/mol. The highest BCUT2D eigenvalue weighted by Crippen LogP contribution is 2.25. The Labute approximate surface area is 167 Å². The van der Waals surface area contributed by atoms with Gasteiger partial charge in [0.15, 0.2) is 0 Å². The standard InChI is InChI=1S/C21H28N4O2S/c1-16-8-9-19(14-17(16)2)28(26,27)25-12-10-24(11-13-25)21-15-20(22-23-21)18-6-4-3-5-7-18/h3-9,14,20-23H,10-13,15H2,1-2H3. The number of nitrogens with one attached hydrogen (secondary N) is 2. The van der Waals surface area contributed by atoms with Crippen molar-refractivity contribution in [3.8, 4) is 0 Å². The van der Waals surface area contributed by atoms with Crippen molar-refractivity contribution in [3.63, 3.8) is 0 Å². The molecule has 0 radical (unpaired) electrons. The molecule has 0 aromatic heterocycles. The van der Waals surface area contributed by atoms with Gasteiger partial charge in [-0.2, -0.15) is 4.31 Å². The molecule has 0 amide bonds. The Balaban J connectivity index is 1.37. The Hall–Kier alpha value is -1.77. The van der Waals surface area contributed by atoms with Crippen LogP contribution in [0.2, 0.25) is 0 Å². The van der Waals surface area contributed by atoms with Gasteiger partial charge in [-0.15, -0.1) is 0 Å². The molecule has 2 unspecified atom stereocenters.